The normalized spacial score (nSPS) is 10.6. The fourth-order valence-electron chi connectivity index (χ4n) is 2.58. The number of rotatable bonds is 4. The lowest BCUT2D eigenvalue weighted by molar-refractivity contribution is -0.122. The molecule has 0 bridgehead atoms. The molecular weight excluding hydrogens is 384 g/mol. The molecule has 7 heteroatoms. The summed E-state index contributed by atoms with van der Waals surface area (Å²) in [5, 5.41) is 0. The average Bonchev–Trinajstić information content (AvgIpc) is 2.97. The fraction of sp³-hybridized carbons (Fsp3) is 0.167. The van der Waals surface area contributed by atoms with Crippen LogP contribution >= 0.6 is 15.9 Å². The van der Waals surface area contributed by atoms with E-state index in [0.717, 1.165) is 21.3 Å². The highest BCUT2D eigenvalue weighted by atomic mass is 79.9. The number of nitrogens with zero attached hydrogens (tertiary/aromatic N) is 2. The Kier molecular flexibility index (Phi) is 5.14. The summed E-state index contributed by atoms with van der Waals surface area (Å²) in [6, 6.07) is 14.6. The molecular formula is C18H17BrN4O2. The number of hydrogen-bond acceptors (Lipinski definition) is 3. The van der Waals surface area contributed by atoms with Crippen molar-refractivity contribution in [1.82, 2.24) is 20.4 Å². The van der Waals surface area contributed by atoms with Crippen LogP contribution in [0.4, 0.5) is 0 Å². The van der Waals surface area contributed by atoms with Crippen LogP contribution in [0, 0.1) is 0 Å². The van der Waals surface area contributed by atoms with Crippen molar-refractivity contribution in [1.29, 1.82) is 0 Å². The molecule has 128 valence electrons. The number of hydrogen-bond donors (Lipinski definition) is 2. The van der Waals surface area contributed by atoms with Crippen LogP contribution in [0.25, 0.3) is 11.0 Å². The first-order valence-electron chi connectivity index (χ1n) is 7.87. The van der Waals surface area contributed by atoms with Gasteiger partial charge < -0.3 is 4.57 Å². The highest BCUT2D eigenvalue weighted by molar-refractivity contribution is 9.10. The van der Waals surface area contributed by atoms with Crippen molar-refractivity contribution in [3.63, 3.8) is 0 Å². The van der Waals surface area contributed by atoms with E-state index < -0.39 is 0 Å². The lowest BCUT2D eigenvalue weighted by Crippen LogP contribution is -2.43. The monoisotopic (exact) mass is 400 g/mol. The number of hydrazine groups is 1. The van der Waals surface area contributed by atoms with Crippen LogP contribution < -0.4 is 10.9 Å². The maximum atomic E-state index is 12.2. The summed E-state index contributed by atoms with van der Waals surface area (Å²) in [6.45, 7) is 2.08. The number of carbonyl (C=O) groups excluding carboxylic acids is 2. The zero-order valence-electron chi connectivity index (χ0n) is 13.6. The van der Waals surface area contributed by atoms with Crippen LogP contribution in [-0.4, -0.2) is 21.4 Å². The maximum absolute atomic E-state index is 12.2. The molecule has 0 unspecified atom stereocenters. The molecule has 2 N–H and O–H groups in total. The zero-order chi connectivity index (χ0) is 17.8. The van der Waals surface area contributed by atoms with E-state index in [2.05, 4.69) is 31.8 Å². The lowest BCUT2D eigenvalue weighted by atomic mass is 10.2. The number of halogens is 1. The van der Waals surface area contributed by atoms with Gasteiger partial charge in [-0.25, -0.2) is 4.98 Å². The maximum Gasteiger partial charge on any atom is 0.269 e. The number of nitrogens with one attached hydrogen (secondary N) is 2. The van der Waals surface area contributed by atoms with Gasteiger partial charge in [-0.05, 0) is 30.3 Å². The molecule has 1 heterocycles. The van der Waals surface area contributed by atoms with Crippen molar-refractivity contribution in [3.05, 3.63) is 64.4 Å². The molecule has 0 aliphatic rings. The molecule has 0 aliphatic carbocycles. The second-order valence-electron chi connectivity index (χ2n) is 5.47. The van der Waals surface area contributed by atoms with Crippen molar-refractivity contribution < 1.29 is 9.59 Å². The Bertz CT molecular complexity index is 936. The average molecular weight is 401 g/mol. The van der Waals surface area contributed by atoms with Crippen LogP contribution in [0.3, 0.4) is 0 Å². The molecule has 0 aliphatic heterocycles. The van der Waals surface area contributed by atoms with E-state index in [1.54, 1.807) is 18.2 Å². The van der Waals surface area contributed by atoms with Crippen molar-refractivity contribution in [2.24, 2.45) is 0 Å². The summed E-state index contributed by atoms with van der Waals surface area (Å²) < 4.78 is 2.65. The molecule has 0 saturated heterocycles. The third-order valence-corrected chi connectivity index (χ3v) is 4.25. The minimum absolute atomic E-state index is 0.0858. The Labute approximate surface area is 153 Å². The van der Waals surface area contributed by atoms with Crippen LogP contribution in [0.2, 0.25) is 0 Å². The Morgan fingerprint density at radius 2 is 1.92 bits per heavy atom. The van der Waals surface area contributed by atoms with Crippen LogP contribution in [0.15, 0.2) is 53.0 Å². The molecule has 6 nitrogen and oxygen atoms in total. The SMILES string of the molecule is CCc1nc2ccccc2n1CC(=O)NNC(=O)c1cccc(Br)c1. The number of carbonyl (C=O) groups is 2. The molecule has 0 radical (unpaired) electrons. The second kappa shape index (κ2) is 7.48. The van der Waals surface area contributed by atoms with E-state index in [4.69, 9.17) is 0 Å². The smallest absolute Gasteiger partial charge is 0.269 e. The summed E-state index contributed by atoms with van der Waals surface area (Å²) >= 11 is 3.31. The van der Waals surface area contributed by atoms with Crippen molar-refractivity contribution in [2.45, 2.75) is 19.9 Å². The molecule has 25 heavy (non-hydrogen) atoms. The Hall–Kier alpha value is -2.67. The van der Waals surface area contributed by atoms with Crippen molar-refractivity contribution >= 4 is 38.8 Å². The highest BCUT2D eigenvalue weighted by Gasteiger charge is 2.13. The largest absolute Gasteiger partial charge is 0.318 e. The first kappa shape index (κ1) is 17.2. The molecule has 0 atom stereocenters. The summed E-state index contributed by atoms with van der Waals surface area (Å²) in [7, 11) is 0. The van der Waals surface area contributed by atoms with E-state index in [9.17, 15) is 9.59 Å². The van der Waals surface area contributed by atoms with Gasteiger partial charge in [0.15, 0.2) is 0 Å². The molecule has 2 amide bonds. The van der Waals surface area contributed by atoms with Gasteiger partial charge in [-0.2, -0.15) is 0 Å². The van der Waals surface area contributed by atoms with E-state index in [1.807, 2.05) is 41.8 Å². The van der Waals surface area contributed by atoms with Crippen LogP contribution in [0.1, 0.15) is 23.1 Å². The van der Waals surface area contributed by atoms with Crippen molar-refractivity contribution in [2.75, 3.05) is 0 Å². The molecule has 1 aromatic heterocycles. The minimum Gasteiger partial charge on any atom is -0.318 e. The topological polar surface area (TPSA) is 76.0 Å². The predicted molar refractivity (Wildman–Crippen MR) is 98.9 cm³/mol. The van der Waals surface area contributed by atoms with Gasteiger partial charge >= 0.3 is 0 Å². The number of fused-ring (bicyclic) bond motifs is 1. The summed E-state index contributed by atoms with van der Waals surface area (Å²) in [5.41, 5.74) is 7.09. The van der Waals surface area contributed by atoms with Gasteiger partial charge in [-0.1, -0.05) is 41.1 Å². The number of para-hydroxylation sites is 2. The second-order valence-corrected chi connectivity index (χ2v) is 6.38. The van der Waals surface area contributed by atoms with Gasteiger partial charge in [-0.15, -0.1) is 0 Å². The third-order valence-electron chi connectivity index (χ3n) is 3.75. The third kappa shape index (κ3) is 3.88. The highest BCUT2D eigenvalue weighted by Crippen LogP contribution is 2.16. The van der Waals surface area contributed by atoms with Gasteiger partial charge in [0.1, 0.15) is 12.4 Å². The van der Waals surface area contributed by atoms with Crippen molar-refractivity contribution in [3.8, 4) is 0 Å². The Balaban J connectivity index is 1.68. The van der Waals surface area contributed by atoms with Gasteiger partial charge in [0.25, 0.3) is 11.8 Å². The quantitative estimate of drug-likeness (QED) is 0.661. The van der Waals surface area contributed by atoms with Crippen LogP contribution in [-0.2, 0) is 17.8 Å². The van der Waals surface area contributed by atoms with E-state index in [0.29, 0.717) is 12.0 Å². The molecule has 0 spiro atoms. The summed E-state index contributed by atoms with van der Waals surface area (Å²) in [4.78, 5) is 28.8. The number of benzene rings is 2. The Morgan fingerprint density at radius 1 is 1.12 bits per heavy atom. The van der Waals surface area contributed by atoms with Crippen LogP contribution in [0.5, 0.6) is 0 Å². The van der Waals surface area contributed by atoms with Gasteiger partial charge in [-0.3, -0.25) is 20.4 Å². The summed E-state index contributed by atoms with van der Waals surface area (Å²) in [6.07, 6.45) is 0.715. The van der Waals surface area contributed by atoms with E-state index >= 15 is 0 Å². The number of aromatic nitrogens is 2. The first-order chi connectivity index (χ1) is 12.1. The molecule has 0 saturated carbocycles. The standard InChI is InChI=1S/C18H17BrN4O2/c1-2-16-20-14-8-3-4-9-15(14)23(16)11-17(24)21-22-18(25)12-6-5-7-13(19)10-12/h3-10H,2,11H2,1H3,(H,21,24)(H,22,25). The Morgan fingerprint density at radius 3 is 2.68 bits per heavy atom. The molecule has 3 rings (SSSR count). The minimum atomic E-state index is -0.374. The number of aryl methyl sites for hydroxylation is 1. The van der Waals surface area contributed by atoms with E-state index in [-0.39, 0.29) is 18.4 Å². The van der Waals surface area contributed by atoms with Gasteiger partial charge in [0, 0.05) is 16.5 Å². The molecule has 0 fully saturated rings. The molecule has 3 aromatic rings. The summed E-state index contributed by atoms with van der Waals surface area (Å²) in [5.74, 6) is 0.136. The fourth-order valence-corrected chi connectivity index (χ4v) is 2.98. The lowest BCUT2D eigenvalue weighted by Gasteiger charge is -2.10. The number of imidazole rings is 1. The predicted octanol–water partition coefficient (Wildman–Crippen LogP) is 2.82. The van der Waals surface area contributed by atoms with Gasteiger partial charge in [0.2, 0.25) is 0 Å². The molecule has 2 aromatic carbocycles. The van der Waals surface area contributed by atoms with E-state index in [1.165, 1.54) is 0 Å². The number of amides is 2. The van der Waals surface area contributed by atoms with Gasteiger partial charge in [0.05, 0.1) is 11.0 Å². The zero-order valence-corrected chi connectivity index (χ0v) is 15.2. The first-order valence-corrected chi connectivity index (χ1v) is 8.66.